The molecule has 0 saturated heterocycles. The molecule has 1 aromatic rings. The van der Waals surface area contributed by atoms with E-state index in [0.717, 1.165) is 18.7 Å². The predicted molar refractivity (Wildman–Crippen MR) is 85.5 cm³/mol. The third kappa shape index (κ3) is 5.10. The van der Waals surface area contributed by atoms with Crippen LogP contribution in [0.25, 0.3) is 0 Å². The van der Waals surface area contributed by atoms with E-state index in [9.17, 15) is 9.59 Å². The number of nitrogens with one attached hydrogen (secondary N) is 2. The second-order valence-electron chi connectivity index (χ2n) is 4.72. The highest BCUT2D eigenvalue weighted by Gasteiger charge is 2.14. The lowest BCUT2D eigenvalue weighted by Crippen LogP contribution is -2.40. The fraction of sp³-hybridized carbons (Fsp3) is 0.500. The smallest absolute Gasteiger partial charge is 0.253 e. The maximum atomic E-state index is 12.2. The maximum absolute atomic E-state index is 12.2. The van der Waals surface area contributed by atoms with Gasteiger partial charge in [-0.05, 0) is 32.4 Å². The molecule has 0 fully saturated rings. The van der Waals surface area contributed by atoms with Crippen molar-refractivity contribution in [3.8, 4) is 0 Å². The van der Waals surface area contributed by atoms with E-state index in [1.54, 1.807) is 11.0 Å². The number of hydrogen-bond acceptors (Lipinski definition) is 3. The van der Waals surface area contributed by atoms with Gasteiger partial charge in [-0.2, -0.15) is 0 Å². The van der Waals surface area contributed by atoms with Crippen molar-refractivity contribution in [2.45, 2.75) is 27.2 Å². The van der Waals surface area contributed by atoms with Gasteiger partial charge in [0.15, 0.2) is 0 Å². The number of hydrogen-bond donors (Lipinski definition) is 2. The number of nitrogens with zero attached hydrogens (tertiary/aromatic N) is 1. The van der Waals surface area contributed by atoms with Crippen LogP contribution in [0, 0.1) is 0 Å². The molecule has 0 aliphatic heterocycles. The van der Waals surface area contributed by atoms with E-state index in [2.05, 4.69) is 17.6 Å². The molecule has 116 valence electrons. The van der Waals surface area contributed by atoms with Crippen molar-refractivity contribution < 1.29 is 9.59 Å². The molecule has 1 aromatic carbocycles. The summed E-state index contributed by atoms with van der Waals surface area (Å²) in [4.78, 5) is 25.8. The SMILES string of the molecule is CCCNc1ccccc1C(=O)NCC(=O)N(CC)CC. The molecule has 0 saturated carbocycles. The summed E-state index contributed by atoms with van der Waals surface area (Å²) in [5, 5.41) is 5.91. The van der Waals surface area contributed by atoms with Crippen molar-refractivity contribution >= 4 is 17.5 Å². The third-order valence-electron chi connectivity index (χ3n) is 3.25. The van der Waals surface area contributed by atoms with Crippen LogP contribution in [-0.4, -0.2) is 42.9 Å². The van der Waals surface area contributed by atoms with E-state index in [-0.39, 0.29) is 18.4 Å². The summed E-state index contributed by atoms with van der Waals surface area (Å²) >= 11 is 0. The van der Waals surface area contributed by atoms with Gasteiger partial charge in [-0.1, -0.05) is 19.1 Å². The quantitative estimate of drug-likeness (QED) is 0.771. The number of rotatable bonds is 8. The Labute approximate surface area is 126 Å². The van der Waals surface area contributed by atoms with Gasteiger partial charge in [0.25, 0.3) is 5.91 Å². The molecule has 0 atom stereocenters. The van der Waals surface area contributed by atoms with Crippen LogP contribution in [0.2, 0.25) is 0 Å². The highest BCUT2D eigenvalue weighted by atomic mass is 16.2. The molecule has 5 nitrogen and oxygen atoms in total. The fourth-order valence-corrected chi connectivity index (χ4v) is 2.03. The van der Waals surface area contributed by atoms with Crippen LogP contribution in [0.4, 0.5) is 5.69 Å². The minimum absolute atomic E-state index is 0.0304. The van der Waals surface area contributed by atoms with E-state index < -0.39 is 0 Å². The first-order valence-corrected chi connectivity index (χ1v) is 7.52. The molecule has 1 rings (SSSR count). The van der Waals surface area contributed by atoms with Gasteiger partial charge in [0.05, 0.1) is 12.1 Å². The van der Waals surface area contributed by atoms with Gasteiger partial charge >= 0.3 is 0 Å². The number of benzene rings is 1. The van der Waals surface area contributed by atoms with Gasteiger partial charge in [-0.3, -0.25) is 9.59 Å². The van der Waals surface area contributed by atoms with Crippen LogP contribution in [-0.2, 0) is 4.79 Å². The Hall–Kier alpha value is -2.04. The zero-order valence-electron chi connectivity index (χ0n) is 13.1. The second kappa shape index (κ2) is 9.00. The zero-order valence-corrected chi connectivity index (χ0v) is 13.1. The third-order valence-corrected chi connectivity index (χ3v) is 3.25. The van der Waals surface area contributed by atoms with Gasteiger partial charge in [-0.25, -0.2) is 0 Å². The van der Waals surface area contributed by atoms with Gasteiger partial charge in [0.1, 0.15) is 0 Å². The van der Waals surface area contributed by atoms with Crippen LogP contribution in [0.1, 0.15) is 37.6 Å². The van der Waals surface area contributed by atoms with Gasteiger partial charge in [-0.15, -0.1) is 0 Å². The van der Waals surface area contributed by atoms with E-state index in [4.69, 9.17) is 0 Å². The molecule has 2 N–H and O–H groups in total. The Balaban J connectivity index is 2.65. The van der Waals surface area contributed by atoms with E-state index >= 15 is 0 Å². The molecule has 0 aromatic heterocycles. The largest absolute Gasteiger partial charge is 0.384 e. The summed E-state index contributed by atoms with van der Waals surface area (Å²) in [6, 6.07) is 7.33. The fourth-order valence-electron chi connectivity index (χ4n) is 2.03. The number of carbonyl (C=O) groups is 2. The highest BCUT2D eigenvalue weighted by molar-refractivity contribution is 6.01. The lowest BCUT2D eigenvalue weighted by molar-refractivity contribution is -0.129. The summed E-state index contributed by atoms with van der Waals surface area (Å²) in [5.41, 5.74) is 1.37. The Morgan fingerprint density at radius 3 is 2.38 bits per heavy atom. The Morgan fingerprint density at radius 1 is 1.10 bits per heavy atom. The molecule has 2 amide bonds. The van der Waals surface area contributed by atoms with E-state index in [0.29, 0.717) is 18.7 Å². The van der Waals surface area contributed by atoms with Gasteiger partial charge < -0.3 is 15.5 Å². The predicted octanol–water partition coefficient (Wildman–Crippen LogP) is 2.11. The van der Waals surface area contributed by atoms with Crippen molar-refractivity contribution in [1.82, 2.24) is 10.2 Å². The summed E-state index contributed by atoms with van der Waals surface area (Å²) in [6.45, 7) is 8.06. The van der Waals surface area contributed by atoms with Crippen LogP contribution >= 0.6 is 0 Å². The zero-order chi connectivity index (χ0) is 15.7. The van der Waals surface area contributed by atoms with Crippen molar-refractivity contribution in [1.29, 1.82) is 0 Å². The average Bonchev–Trinajstić information content (AvgIpc) is 2.52. The summed E-state index contributed by atoms with van der Waals surface area (Å²) in [5.74, 6) is -0.290. The molecule has 0 spiro atoms. The average molecular weight is 291 g/mol. The Morgan fingerprint density at radius 2 is 1.76 bits per heavy atom. The van der Waals surface area contributed by atoms with Gasteiger partial charge in [0, 0.05) is 25.3 Å². The number of likely N-dealkylation sites (N-methyl/N-ethyl adjacent to an activating group) is 1. The van der Waals surface area contributed by atoms with E-state index in [1.165, 1.54) is 0 Å². The minimum Gasteiger partial charge on any atom is -0.384 e. The molecule has 0 radical (unpaired) electrons. The second-order valence-corrected chi connectivity index (χ2v) is 4.72. The van der Waals surface area contributed by atoms with Crippen molar-refractivity contribution in [2.75, 3.05) is 31.5 Å². The first kappa shape index (κ1) is 17.0. The Kier molecular flexibility index (Phi) is 7.29. The van der Waals surface area contributed by atoms with Crippen LogP contribution in [0.15, 0.2) is 24.3 Å². The molecule has 5 heteroatoms. The minimum atomic E-state index is -0.227. The summed E-state index contributed by atoms with van der Waals surface area (Å²) in [6.07, 6.45) is 0.983. The topological polar surface area (TPSA) is 61.4 Å². The number of amides is 2. The van der Waals surface area contributed by atoms with Crippen molar-refractivity contribution in [2.24, 2.45) is 0 Å². The van der Waals surface area contributed by atoms with E-state index in [1.807, 2.05) is 32.0 Å². The molecular weight excluding hydrogens is 266 g/mol. The van der Waals surface area contributed by atoms with Crippen LogP contribution in [0.3, 0.4) is 0 Å². The lowest BCUT2D eigenvalue weighted by atomic mass is 10.1. The standard InChI is InChI=1S/C16H25N3O2/c1-4-11-17-14-10-8-7-9-13(14)16(21)18-12-15(20)19(5-2)6-3/h7-10,17H,4-6,11-12H2,1-3H3,(H,18,21). The van der Waals surface area contributed by atoms with Crippen LogP contribution in [0.5, 0.6) is 0 Å². The molecule has 0 aliphatic carbocycles. The monoisotopic (exact) mass is 291 g/mol. The molecule has 0 unspecified atom stereocenters. The molecule has 0 heterocycles. The van der Waals surface area contributed by atoms with Crippen LogP contribution < -0.4 is 10.6 Å². The number of anilines is 1. The molecule has 0 bridgehead atoms. The Bertz CT molecular complexity index is 470. The molecule has 21 heavy (non-hydrogen) atoms. The molecule has 0 aliphatic rings. The highest BCUT2D eigenvalue weighted by Crippen LogP contribution is 2.14. The molecular formula is C16H25N3O2. The van der Waals surface area contributed by atoms with Crippen molar-refractivity contribution in [3.63, 3.8) is 0 Å². The first-order valence-electron chi connectivity index (χ1n) is 7.52. The van der Waals surface area contributed by atoms with Gasteiger partial charge in [0.2, 0.25) is 5.91 Å². The maximum Gasteiger partial charge on any atom is 0.253 e. The summed E-state index contributed by atoms with van der Waals surface area (Å²) < 4.78 is 0. The first-order chi connectivity index (χ1) is 10.1. The number of carbonyl (C=O) groups excluding carboxylic acids is 2. The normalized spacial score (nSPS) is 10.0. The van der Waals surface area contributed by atoms with Crippen molar-refractivity contribution in [3.05, 3.63) is 29.8 Å². The summed E-state index contributed by atoms with van der Waals surface area (Å²) in [7, 11) is 0. The number of para-hydroxylation sites is 1. The lowest BCUT2D eigenvalue weighted by Gasteiger charge is -2.19.